The predicted octanol–water partition coefficient (Wildman–Crippen LogP) is 6.55. The van der Waals surface area contributed by atoms with E-state index in [0.717, 1.165) is 33.0 Å². The Kier molecular flexibility index (Phi) is 8.50. The van der Waals surface area contributed by atoms with Gasteiger partial charge in [0.2, 0.25) is 0 Å². The van der Waals surface area contributed by atoms with Crippen LogP contribution >= 0.6 is 34.4 Å². The van der Waals surface area contributed by atoms with Gasteiger partial charge in [0.15, 0.2) is 11.0 Å². The van der Waals surface area contributed by atoms with Gasteiger partial charge in [0.05, 0.1) is 39.5 Å². The zero-order chi connectivity index (χ0) is 29.9. The summed E-state index contributed by atoms with van der Waals surface area (Å²) in [5.74, 6) is -0.104. The average molecular weight is 631 g/mol. The van der Waals surface area contributed by atoms with Crippen molar-refractivity contribution in [3.63, 3.8) is 0 Å². The molecule has 0 bridgehead atoms. The second-order valence-corrected chi connectivity index (χ2v) is 12.8. The fourth-order valence-corrected chi connectivity index (χ4v) is 7.01. The normalized spacial score (nSPS) is 14.6. The fraction of sp³-hybridized carbons (Fsp3) is 0.194. The molecule has 8 nitrogen and oxygen atoms in total. The van der Waals surface area contributed by atoms with Crippen molar-refractivity contribution in [2.75, 3.05) is 5.75 Å². The number of hydrogen-bond acceptors (Lipinski definition) is 8. The van der Waals surface area contributed by atoms with Crippen LogP contribution in [-0.2, 0) is 11.3 Å². The number of thiophene rings is 2. The van der Waals surface area contributed by atoms with Gasteiger partial charge in [-0.15, -0.1) is 32.9 Å². The number of thioether (sulfide) groups is 1. The summed E-state index contributed by atoms with van der Waals surface area (Å²) < 4.78 is 15.6. The average Bonchev–Trinajstić information content (AvgIpc) is 3.83. The highest BCUT2D eigenvalue weighted by Gasteiger charge is 2.34. The molecule has 4 heterocycles. The van der Waals surface area contributed by atoms with Gasteiger partial charge in [-0.3, -0.25) is 14.2 Å². The Hall–Kier alpha value is -4.13. The minimum absolute atomic E-state index is 0.0590. The van der Waals surface area contributed by atoms with Gasteiger partial charge in [0.1, 0.15) is 5.82 Å². The lowest BCUT2D eigenvalue weighted by molar-refractivity contribution is -0.130. The first-order valence-electron chi connectivity index (χ1n) is 13.5. The maximum Gasteiger partial charge on any atom is 0.261 e. The molecule has 0 saturated heterocycles. The van der Waals surface area contributed by atoms with E-state index in [9.17, 15) is 14.0 Å². The van der Waals surface area contributed by atoms with Crippen molar-refractivity contribution in [3.8, 4) is 5.69 Å². The van der Waals surface area contributed by atoms with E-state index in [4.69, 9.17) is 5.10 Å². The number of benzene rings is 2. The number of halogens is 1. The molecule has 218 valence electrons. The standard InChI is InChI=1S/C31H27FN6O2S3/c1-19-7-8-20(2)24(15-19)37-28(17-33-30(40)27-6-4-14-42-27)34-35-31(37)43-18-29(39)38-25(21-9-11-22(32)12-10-21)16-23(36-38)26-5-3-13-41-26/h3-15,25H,16-18H2,1-2H3,(H,33,40). The van der Waals surface area contributed by atoms with Crippen LogP contribution < -0.4 is 5.32 Å². The van der Waals surface area contributed by atoms with Crippen molar-refractivity contribution < 1.29 is 14.0 Å². The summed E-state index contributed by atoms with van der Waals surface area (Å²) in [5.41, 5.74) is 4.58. The molecule has 0 aliphatic carbocycles. The van der Waals surface area contributed by atoms with Crippen LogP contribution in [0.2, 0.25) is 0 Å². The van der Waals surface area contributed by atoms with E-state index in [2.05, 4.69) is 15.5 Å². The number of hydrazone groups is 1. The number of nitrogens with one attached hydrogen (secondary N) is 1. The minimum atomic E-state index is -0.342. The van der Waals surface area contributed by atoms with E-state index in [1.165, 1.54) is 40.2 Å². The summed E-state index contributed by atoms with van der Waals surface area (Å²) in [4.78, 5) is 28.0. The van der Waals surface area contributed by atoms with Crippen LogP contribution in [0, 0.1) is 19.7 Å². The molecule has 2 aromatic carbocycles. The van der Waals surface area contributed by atoms with Crippen LogP contribution in [0.4, 0.5) is 4.39 Å². The number of hydrogen-bond donors (Lipinski definition) is 1. The van der Waals surface area contributed by atoms with Crippen molar-refractivity contribution in [2.45, 2.75) is 38.0 Å². The van der Waals surface area contributed by atoms with Crippen molar-refractivity contribution in [1.82, 2.24) is 25.1 Å². The van der Waals surface area contributed by atoms with Gasteiger partial charge in [-0.1, -0.05) is 48.2 Å². The van der Waals surface area contributed by atoms with Crippen LogP contribution in [-0.4, -0.2) is 43.1 Å². The Morgan fingerprint density at radius 3 is 2.56 bits per heavy atom. The van der Waals surface area contributed by atoms with Crippen molar-refractivity contribution in [3.05, 3.63) is 116 Å². The maximum absolute atomic E-state index is 13.7. The Balaban J connectivity index is 1.26. The number of carbonyl (C=O) groups is 2. The smallest absolute Gasteiger partial charge is 0.261 e. The third kappa shape index (κ3) is 6.31. The lowest BCUT2D eigenvalue weighted by Gasteiger charge is -2.22. The van der Waals surface area contributed by atoms with Crippen molar-refractivity contribution in [1.29, 1.82) is 0 Å². The minimum Gasteiger partial charge on any atom is -0.344 e. The number of carbonyl (C=O) groups excluding carboxylic acids is 2. The molecule has 1 aliphatic heterocycles. The van der Waals surface area contributed by atoms with Crippen molar-refractivity contribution in [2.24, 2.45) is 5.10 Å². The first kappa shape index (κ1) is 29.0. The van der Waals surface area contributed by atoms with E-state index in [1.54, 1.807) is 29.5 Å². The molecule has 3 aromatic heterocycles. The van der Waals surface area contributed by atoms with Gasteiger partial charge >= 0.3 is 0 Å². The maximum atomic E-state index is 13.7. The summed E-state index contributed by atoms with van der Waals surface area (Å²) in [6.45, 7) is 4.17. The van der Waals surface area contributed by atoms with E-state index in [-0.39, 0.29) is 36.0 Å². The lowest BCUT2D eigenvalue weighted by Crippen LogP contribution is -2.28. The Morgan fingerprint density at radius 1 is 1.02 bits per heavy atom. The predicted molar refractivity (Wildman–Crippen MR) is 169 cm³/mol. The largest absolute Gasteiger partial charge is 0.344 e. The molecule has 0 radical (unpaired) electrons. The van der Waals surface area contributed by atoms with Crippen LogP contribution in [0.5, 0.6) is 0 Å². The molecule has 1 atom stereocenters. The Morgan fingerprint density at radius 2 is 1.81 bits per heavy atom. The van der Waals surface area contributed by atoms with Crippen LogP contribution in [0.1, 0.15) is 49.5 Å². The quantitative estimate of drug-likeness (QED) is 0.187. The molecule has 1 aliphatic rings. The Bertz CT molecular complexity index is 1780. The summed E-state index contributed by atoms with van der Waals surface area (Å²) in [6.07, 6.45) is 0.537. The number of aromatic nitrogens is 3. The van der Waals surface area contributed by atoms with E-state index in [0.29, 0.717) is 22.3 Å². The van der Waals surface area contributed by atoms with Crippen LogP contribution in [0.3, 0.4) is 0 Å². The van der Waals surface area contributed by atoms with Gasteiger partial charge in [-0.25, -0.2) is 9.40 Å². The first-order chi connectivity index (χ1) is 20.9. The molecule has 0 saturated carbocycles. The summed E-state index contributed by atoms with van der Waals surface area (Å²) >= 11 is 4.20. The summed E-state index contributed by atoms with van der Waals surface area (Å²) in [5, 5.41) is 22.4. The molecule has 0 fully saturated rings. The second-order valence-electron chi connectivity index (χ2n) is 10.0. The zero-order valence-corrected chi connectivity index (χ0v) is 25.8. The van der Waals surface area contributed by atoms with Gasteiger partial charge < -0.3 is 5.32 Å². The van der Waals surface area contributed by atoms with Crippen molar-refractivity contribution >= 4 is 52.0 Å². The van der Waals surface area contributed by atoms with Gasteiger partial charge in [0.25, 0.3) is 11.8 Å². The fourth-order valence-electron chi connectivity index (χ4n) is 4.83. The molecule has 1 N–H and O–H groups in total. The molecule has 2 amide bonds. The molecule has 0 spiro atoms. The summed E-state index contributed by atoms with van der Waals surface area (Å²) in [6, 6.07) is 19.5. The topological polar surface area (TPSA) is 92.5 Å². The number of nitrogens with zero attached hydrogens (tertiary/aromatic N) is 5. The van der Waals surface area contributed by atoms with E-state index >= 15 is 0 Å². The van der Waals surface area contributed by atoms with E-state index in [1.807, 2.05) is 65.6 Å². The van der Waals surface area contributed by atoms with Gasteiger partial charge in [-0.05, 0) is 71.6 Å². The number of rotatable bonds is 9. The molecule has 43 heavy (non-hydrogen) atoms. The van der Waals surface area contributed by atoms with Gasteiger partial charge in [-0.2, -0.15) is 5.10 Å². The second kappa shape index (κ2) is 12.6. The molecule has 1 unspecified atom stereocenters. The summed E-state index contributed by atoms with van der Waals surface area (Å²) in [7, 11) is 0. The molecule has 6 rings (SSSR count). The third-order valence-corrected chi connectivity index (χ3v) is 9.71. The highest BCUT2D eigenvalue weighted by molar-refractivity contribution is 7.99. The van der Waals surface area contributed by atoms with Crippen LogP contribution in [0.25, 0.3) is 5.69 Å². The highest BCUT2D eigenvalue weighted by atomic mass is 32.2. The highest BCUT2D eigenvalue weighted by Crippen LogP contribution is 2.35. The molecule has 5 aromatic rings. The number of amides is 2. The zero-order valence-electron chi connectivity index (χ0n) is 23.4. The molecular formula is C31H27FN6O2S3. The van der Waals surface area contributed by atoms with E-state index < -0.39 is 0 Å². The Labute approximate surface area is 260 Å². The SMILES string of the molecule is Cc1ccc(C)c(-n2c(CNC(=O)c3cccs3)nnc2SCC(=O)N2N=C(c3cccs3)CC2c2ccc(F)cc2)c1. The monoisotopic (exact) mass is 630 g/mol. The third-order valence-electron chi connectivity index (χ3n) is 7.01. The molecule has 12 heteroatoms. The van der Waals surface area contributed by atoms with Gasteiger partial charge in [0, 0.05) is 6.42 Å². The lowest BCUT2D eigenvalue weighted by atomic mass is 10.0. The first-order valence-corrected chi connectivity index (χ1v) is 16.3. The molecular weight excluding hydrogens is 604 g/mol. The van der Waals surface area contributed by atoms with Crippen LogP contribution in [0.15, 0.2) is 87.7 Å². The number of aryl methyl sites for hydroxylation is 2.